The molecule has 0 saturated heterocycles. The first-order valence-electron chi connectivity index (χ1n) is 7.19. The number of rotatable bonds is 2. The maximum absolute atomic E-state index is 9.50. The van der Waals surface area contributed by atoms with Gasteiger partial charge in [0.15, 0.2) is 0 Å². The van der Waals surface area contributed by atoms with E-state index in [1.54, 1.807) is 12.1 Å². The molecule has 0 aliphatic carbocycles. The fourth-order valence-corrected chi connectivity index (χ4v) is 3.59. The summed E-state index contributed by atoms with van der Waals surface area (Å²) >= 11 is 4.31. The van der Waals surface area contributed by atoms with Gasteiger partial charge in [-0.2, -0.15) is 0 Å². The van der Waals surface area contributed by atoms with Crippen LogP contribution in [0.2, 0.25) is 0 Å². The van der Waals surface area contributed by atoms with Gasteiger partial charge in [0.05, 0.1) is 7.14 Å². The molecule has 2 rings (SSSR count). The standard InChI is InChI=1S/C9H10I2O.C9H12O/c1-5(2)6-3-7(10)9(12)8(11)4-6;1-7(2)8-3-5-9(10)6-4-8/h3-5,12H,1-2H3;3-7,10H,1-2H3. The van der Waals surface area contributed by atoms with Crippen LogP contribution in [-0.2, 0) is 0 Å². The Morgan fingerprint density at radius 3 is 1.50 bits per heavy atom. The topological polar surface area (TPSA) is 40.5 Å². The number of hydrogen-bond donors (Lipinski definition) is 2. The van der Waals surface area contributed by atoms with Crippen molar-refractivity contribution in [1.82, 2.24) is 0 Å². The molecule has 0 radical (unpaired) electrons. The Bertz CT molecular complexity index is 582. The van der Waals surface area contributed by atoms with E-state index in [-0.39, 0.29) is 0 Å². The van der Waals surface area contributed by atoms with E-state index in [1.807, 2.05) is 24.3 Å². The molecule has 0 bridgehead atoms. The second kappa shape index (κ2) is 8.96. The number of phenols is 2. The van der Waals surface area contributed by atoms with Crippen LogP contribution in [0.1, 0.15) is 50.7 Å². The molecule has 0 aliphatic heterocycles. The summed E-state index contributed by atoms with van der Waals surface area (Å²) in [4.78, 5) is 0. The van der Waals surface area contributed by atoms with Crippen molar-refractivity contribution in [3.05, 3.63) is 54.7 Å². The van der Waals surface area contributed by atoms with Crippen molar-refractivity contribution in [3.63, 3.8) is 0 Å². The Hall–Kier alpha value is -0.500. The Morgan fingerprint density at radius 1 is 0.727 bits per heavy atom. The minimum absolute atomic E-state index is 0.337. The quantitative estimate of drug-likeness (QED) is 0.457. The van der Waals surface area contributed by atoms with Crippen LogP contribution in [0.3, 0.4) is 0 Å². The van der Waals surface area contributed by atoms with Crippen LogP contribution >= 0.6 is 45.2 Å². The molecule has 120 valence electrons. The van der Waals surface area contributed by atoms with Crippen LogP contribution in [0.5, 0.6) is 11.5 Å². The third-order valence-corrected chi connectivity index (χ3v) is 4.91. The molecule has 0 amide bonds. The lowest BCUT2D eigenvalue weighted by molar-refractivity contribution is 0.467. The Labute approximate surface area is 160 Å². The summed E-state index contributed by atoms with van der Waals surface area (Å²) in [5.74, 6) is 1.80. The number of halogens is 2. The number of benzene rings is 2. The van der Waals surface area contributed by atoms with Crippen LogP contribution in [0, 0.1) is 7.14 Å². The SMILES string of the molecule is CC(C)c1cc(I)c(O)c(I)c1.CC(C)c1ccc(O)cc1. The van der Waals surface area contributed by atoms with Gasteiger partial charge in [-0.25, -0.2) is 0 Å². The zero-order chi connectivity index (χ0) is 16.9. The first-order chi connectivity index (χ1) is 10.2. The lowest BCUT2D eigenvalue weighted by Crippen LogP contribution is -1.90. The third-order valence-electron chi connectivity index (χ3n) is 3.27. The van der Waals surface area contributed by atoms with Crippen molar-refractivity contribution in [2.45, 2.75) is 39.5 Å². The Balaban J connectivity index is 0.000000224. The molecule has 2 aromatic carbocycles. The average molecular weight is 524 g/mol. The fraction of sp³-hybridized carbons (Fsp3) is 0.333. The molecule has 2 nitrogen and oxygen atoms in total. The van der Waals surface area contributed by atoms with Crippen LogP contribution in [0.25, 0.3) is 0 Å². The van der Waals surface area contributed by atoms with Crippen molar-refractivity contribution in [1.29, 1.82) is 0 Å². The summed E-state index contributed by atoms with van der Waals surface area (Å²) in [5, 5.41) is 18.4. The lowest BCUT2D eigenvalue weighted by Gasteiger charge is -2.08. The Morgan fingerprint density at radius 2 is 1.14 bits per heavy atom. The Kier molecular flexibility index (Phi) is 7.96. The maximum Gasteiger partial charge on any atom is 0.142 e. The van der Waals surface area contributed by atoms with E-state index in [0.29, 0.717) is 23.3 Å². The summed E-state index contributed by atoms with van der Waals surface area (Å²) in [5.41, 5.74) is 2.54. The minimum Gasteiger partial charge on any atom is -0.508 e. The van der Waals surface area contributed by atoms with Gasteiger partial charge in [0.2, 0.25) is 0 Å². The molecule has 0 unspecified atom stereocenters. The molecule has 0 saturated carbocycles. The fourth-order valence-electron chi connectivity index (χ4n) is 1.78. The first kappa shape index (κ1) is 19.5. The van der Waals surface area contributed by atoms with Crippen LogP contribution in [-0.4, -0.2) is 10.2 Å². The van der Waals surface area contributed by atoms with Gasteiger partial charge in [-0.15, -0.1) is 0 Å². The third kappa shape index (κ3) is 5.95. The number of phenolic OH excluding ortho intramolecular Hbond substituents is 2. The van der Waals surface area contributed by atoms with E-state index in [0.717, 1.165) is 7.14 Å². The van der Waals surface area contributed by atoms with E-state index in [9.17, 15) is 5.11 Å². The maximum atomic E-state index is 9.50. The molecule has 0 heterocycles. The molecule has 0 fully saturated rings. The van der Waals surface area contributed by atoms with Crippen molar-refractivity contribution < 1.29 is 10.2 Å². The summed E-state index contributed by atoms with van der Waals surface area (Å²) in [6.45, 7) is 8.57. The first-order valence-corrected chi connectivity index (χ1v) is 9.35. The summed E-state index contributed by atoms with van der Waals surface area (Å²) in [7, 11) is 0. The van der Waals surface area contributed by atoms with Crippen LogP contribution in [0.15, 0.2) is 36.4 Å². The normalized spacial score (nSPS) is 10.5. The highest BCUT2D eigenvalue weighted by Crippen LogP contribution is 2.29. The summed E-state index contributed by atoms with van der Waals surface area (Å²) in [6.07, 6.45) is 0. The molecule has 0 aromatic heterocycles. The van der Waals surface area contributed by atoms with Gasteiger partial charge in [0.25, 0.3) is 0 Å². The largest absolute Gasteiger partial charge is 0.508 e. The second-order valence-electron chi connectivity index (χ2n) is 5.73. The molecule has 0 atom stereocenters. The minimum atomic E-state index is 0.337. The predicted molar refractivity (Wildman–Crippen MR) is 110 cm³/mol. The van der Waals surface area contributed by atoms with Crippen molar-refractivity contribution in [2.75, 3.05) is 0 Å². The zero-order valence-electron chi connectivity index (χ0n) is 13.3. The van der Waals surface area contributed by atoms with Gasteiger partial charge in [0, 0.05) is 0 Å². The zero-order valence-corrected chi connectivity index (χ0v) is 17.6. The summed E-state index contributed by atoms with van der Waals surface area (Å²) in [6, 6.07) is 11.4. The van der Waals surface area contributed by atoms with Crippen LogP contribution in [0.4, 0.5) is 0 Å². The molecular weight excluding hydrogens is 502 g/mol. The van der Waals surface area contributed by atoms with E-state index < -0.39 is 0 Å². The lowest BCUT2D eigenvalue weighted by atomic mass is 10.0. The van der Waals surface area contributed by atoms with E-state index in [1.165, 1.54) is 11.1 Å². The summed E-state index contributed by atoms with van der Waals surface area (Å²) < 4.78 is 1.87. The average Bonchev–Trinajstić information content (AvgIpc) is 2.45. The monoisotopic (exact) mass is 524 g/mol. The van der Waals surface area contributed by atoms with Gasteiger partial charge in [-0.3, -0.25) is 0 Å². The highest BCUT2D eigenvalue weighted by Gasteiger charge is 2.07. The molecule has 2 aromatic rings. The molecule has 22 heavy (non-hydrogen) atoms. The van der Waals surface area contributed by atoms with Gasteiger partial charge in [-0.1, -0.05) is 39.8 Å². The molecule has 4 heteroatoms. The van der Waals surface area contributed by atoms with Gasteiger partial charge >= 0.3 is 0 Å². The second-order valence-corrected chi connectivity index (χ2v) is 8.06. The number of aromatic hydroxyl groups is 2. The van der Waals surface area contributed by atoms with E-state index in [2.05, 4.69) is 72.9 Å². The van der Waals surface area contributed by atoms with E-state index >= 15 is 0 Å². The van der Waals surface area contributed by atoms with Crippen molar-refractivity contribution in [3.8, 4) is 11.5 Å². The number of hydrogen-bond acceptors (Lipinski definition) is 2. The highest BCUT2D eigenvalue weighted by molar-refractivity contribution is 14.1. The predicted octanol–water partition coefficient (Wildman–Crippen LogP) is 6.24. The molecular formula is C18H22I2O2. The molecule has 2 N–H and O–H groups in total. The van der Waals surface area contributed by atoms with Gasteiger partial charge in [-0.05, 0) is 92.4 Å². The van der Waals surface area contributed by atoms with Crippen molar-refractivity contribution in [2.24, 2.45) is 0 Å². The molecule has 0 spiro atoms. The van der Waals surface area contributed by atoms with E-state index in [4.69, 9.17) is 5.11 Å². The smallest absolute Gasteiger partial charge is 0.142 e. The van der Waals surface area contributed by atoms with Gasteiger partial charge < -0.3 is 10.2 Å². The van der Waals surface area contributed by atoms with Gasteiger partial charge in [0.1, 0.15) is 11.5 Å². The molecule has 0 aliphatic rings. The van der Waals surface area contributed by atoms with Crippen molar-refractivity contribution >= 4 is 45.2 Å². The van der Waals surface area contributed by atoms with Crippen LogP contribution < -0.4 is 0 Å². The highest BCUT2D eigenvalue weighted by atomic mass is 127.